The lowest BCUT2D eigenvalue weighted by Gasteiger charge is -2.44. The fraction of sp³-hybridized carbons (Fsp3) is 0.804. The summed E-state index contributed by atoms with van der Waals surface area (Å²) >= 11 is 0. The van der Waals surface area contributed by atoms with Gasteiger partial charge in [0.15, 0.2) is 18.9 Å². The van der Waals surface area contributed by atoms with Crippen molar-refractivity contribution in [1.29, 1.82) is 0 Å². The number of Topliss-reactive ketones (excluding diaryl/α,β-unsaturated/α-hetero) is 1. The van der Waals surface area contributed by atoms with Crippen LogP contribution in [0.2, 0.25) is 0 Å². The first-order valence-corrected chi connectivity index (χ1v) is 28.7. The second kappa shape index (κ2) is 35.4. The van der Waals surface area contributed by atoms with Crippen LogP contribution < -0.4 is 37.2 Å². The van der Waals surface area contributed by atoms with Crippen molar-refractivity contribution < 1.29 is 95.4 Å². The zero-order chi connectivity index (χ0) is 62.1. The summed E-state index contributed by atoms with van der Waals surface area (Å²) in [6.07, 6.45) is -5.98. The summed E-state index contributed by atoms with van der Waals surface area (Å²) in [7, 11) is 0. The summed E-state index contributed by atoms with van der Waals surface area (Å²) in [6.45, 7) is 20.3. The quantitative estimate of drug-likeness (QED) is 0.0206. The minimum absolute atomic E-state index is 0.0207. The first-order chi connectivity index (χ1) is 39.0. The molecule has 0 aliphatic carbocycles. The first-order valence-electron chi connectivity index (χ1n) is 28.7. The molecule has 7 N–H and O–H groups in total. The van der Waals surface area contributed by atoms with Crippen LogP contribution >= 0.6 is 0 Å². The summed E-state index contributed by atoms with van der Waals surface area (Å²) in [4.78, 5) is 138. The van der Waals surface area contributed by atoms with Crippen LogP contribution in [0.15, 0.2) is 0 Å². The van der Waals surface area contributed by atoms with E-state index in [1.165, 1.54) is 48.5 Å². The van der Waals surface area contributed by atoms with E-state index in [-0.39, 0.29) is 151 Å². The molecule has 15 atom stereocenters. The second-order valence-electron chi connectivity index (χ2n) is 22.2. The lowest BCUT2D eigenvalue weighted by Crippen LogP contribution is -2.58. The van der Waals surface area contributed by atoms with E-state index < -0.39 is 115 Å². The van der Waals surface area contributed by atoms with Gasteiger partial charge >= 0.3 is 17.9 Å². The molecule has 3 saturated heterocycles. The molecule has 0 radical (unpaired) electrons. The maximum atomic E-state index is 13.6. The summed E-state index contributed by atoms with van der Waals surface area (Å²) in [5.41, 5.74) is -1.41. The van der Waals surface area contributed by atoms with E-state index >= 15 is 0 Å². The fourth-order valence-electron chi connectivity index (χ4n) is 10.3. The van der Waals surface area contributed by atoms with Gasteiger partial charge in [-0.15, -0.1) is 0 Å². The smallest absolute Gasteiger partial charge is 0.302 e. The van der Waals surface area contributed by atoms with Gasteiger partial charge in [0.25, 0.3) is 0 Å². The van der Waals surface area contributed by atoms with Gasteiger partial charge in [-0.05, 0) is 61.7 Å². The van der Waals surface area contributed by atoms with E-state index in [4.69, 9.17) is 42.6 Å². The van der Waals surface area contributed by atoms with Crippen LogP contribution in [-0.4, -0.2) is 185 Å². The van der Waals surface area contributed by atoms with Gasteiger partial charge in [-0.25, -0.2) is 0 Å². The Kier molecular flexibility index (Phi) is 30.5. The van der Waals surface area contributed by atoms with Gasteiger partial charge in [0.1, 0.15) is 25.6 Å². The van der Waals surface area contributed by atoms with Gasteiger partial charge in [-0.2, -0.15) is 0 Å². The highest BCUT2D eigenvalue weighted by molar-refractivity contribution is 5.97. The maximum absolute atomic E-state index is 13.6. The number of carbonyl (C=O) groups is 11. The summed E-state index contributed by atoms with van der Waals surface area (Å²) in [5.74, 6) is -5.86. The van der Waals surface area contributed by atoms with Crippen molar-refractivity contribution in [2.24, 2.45) is 35.5 Å². The van der Waals surface area contributed by atoms with E-state index in [1.54, 1.807) is 0 Å². The van der Waals surface area contributed by atoms with Crippen molar-refractivity contribution in [3.8, 4) is 0 Å². The summed E-state index contributed by atoms with van der Waals surface area (Å²) in [6, 6.07) is -1.70. The van der Waals surface area contributed by atoms with Crippen LogP contribution in [0.5, 0.6) is 0 Å². The molecule has 3 rings (SSSR count). The fourth-order valence-corrected chi connectivity index (χ4v) is 10.3. The SMILES string of the molecule is CC(=O)CC(=O)NC(CCC(=O)NCCO[C@@H]1OC(COC(C)=O)[C@H](C)[C@H](C)C1NC(C)=O)(CCC(=O)NCCO[C@@H]1OC(COC(C)=O)[C@H](C)[C@H](C)C1NC(C)=O)CCC(=O)NCCO[C@@H]1OC(COC(C)=O)[C@H](C)[C@H](C)C1NC(C)=O. The van der Waals surface area contributed by atoms with E-state index in [1.807, 2.05) is 41.5 Å². The van der Waals surface area contributed by atoms with E-state index in [9.17, 15) is 52.7 Å². The number of amides is 7. The van der Waals surface area contributed by atoms with Crippen LogP contribution in [0.1, 0.15) is 135 Å². The number of nitrogens with one attached hydrogen (secondary N) is 7. The third-order valence-corrected chi connectivity index (χ3v) is 15.6. The zero-order valence-electron chi connectivity index (χ0n) is 50.6. The number of rotatable bonds is 33. The van der Waals surface area contributed by atoms with Gasteiger partial charge in [0, 0.05) is 86.0 Å². The third-order valence-electron chi connectivity index (χ3n) is 15.6. The second-order valence-corrected chi connectivity index (χ2v) is 22.2. The molecule has 27 nitrogen and oxygen atoms in total. The molecule has 7 amide bonds. The molecule has 0 spiro atoms. The number of ketones is 1. The normalized spacial score (nSPS) is 28.4. The molecular formula is C56H93N7O20. The zero-order valence-corrected chi connectivity index (χ0v) is 50.6. The van der Waals surface area contributed by atoms with Gasteiger partial charge in [0.05, 0.1) is 62.7 Å². The number of hydrogen-bond acceptors (Lipinski definition) is 20. The molecule has 3 aliphatic rings. The number of hydrogen-bond donors (Lipinski definition) is 7. The first kappa shape index (κ1) is 71.4. The third kappa shape index (κ3) is 25.1. The minimum atomic E-state index is -1.41. The lowest BCUT2D eigenvalue weighted by molar-refractivity contribution is -0.243. The van der Waals surface area contributed by atoms with E-state index in [2.05, 4.69) is 37.2 Å². The van der Waals surface area contributed by atoms with Gasteiger partial charge < -0.3 is 79.8 Å². The Bertz CT molecular complexity index is 1990. The van der Waals surface area contributed by atoms with Crippen LogP contribution in [0, 0.1) is 35.5 Å². The van der Waals surface area contributed by atoms with Crippen LogP contribution in [0.25, 0.3) is 0 Å². The van der Waals surface area contributed by atoms with Crippen LogP contribution in [-0.2, 0) is 95.4 Å². The van der Waals surface area contributed by atoms with Crippen molar-refractivity contribution in [3.05, 3.63) is 0 Å². The Hall–Kier alpha value is -5.87. The Labute approximate surface area is 486 Å². The summed E-state index contributed by atoms with van der Waals surface area (Å²) < 4.78 is 52.3. The molecule has 83 heavy (non-hydrogen) atoms. The molecule has 0 bridgehead atoms. The van der Waals surface area contributed by atoms with Gasteiger partial charge in [-0.1, -0.05) is 41.5 Å². The van der Waals surface area contributed by atoms with Crippen molar-refractivity contribution >= 4 is 65.0 Å². The molecule has 0 aromatic rings. The maximum Gasteiger partial charge on any atom is 0.302 e. The highest BCUT2D eigenvalue weighted by Gasteiger charge is 2.46. The average molecular weight is 1180 g/mol. The molecule has 3 heterocycles. The number of ether oxygens (including phenoxy) is 9. The lowest BCUT2D eigenvalue weighted by atomic mass is 9.82. The predicted octanol–water partition coefficient (Wildman–Crippen LogP) is 0.754. The average Bonchev–Trinajstić information content (AvgIpc) is 3.40. The Morgan fingerprint density at radius 2 is 0.675 bits per heavy atom. The summed E-state index contributed by atoms with van der Waals surface area (Å²) in [5, 5.41) is 19.9. The standard InChI is InChI=1S/C56H93N7O20/c1-30(64)26-49(74)63-56(17-14-46(71)57-20-23-75-53-50(60-37(8)65)34(5)31(2)43(81-53)27-78-40(11)68,18-15-47(72)58-21-24-76-54-51(61-38(9)66)35(6)32(3)44(82-54)28-79-41(12)69)19-16-48(73)59-22-25-77-55-52(62-39(10)67)36(7)33(4)45(83-55)29-80-42(13)70/h31-36,43-45,50-55H,14-29H2,1-13H3,(H,57,71)(H,58,72)(H,59,73)(H,60,65)(H,61,66)(H,62,67)(H,63,74)/t31-,32-,33-,34+,35+,36+,43?,44?,45?,50?,51?,52?,53-,54-,55-,56?/m1/s1. The van der Waals surface area contributed by atoms with Crippen molar-refractivity contribution in [1.82, 2.24) is 37.2 Å². The minimum Gasteiger partial charge on any atom is -0.463 e. The molecule has 6 unspecified atom stereocenters. The molecule has 0 saturated carbocycles. The van der Waals surface area contributed by atoms with Crippen molar-refractivity contribution in [2.75, 3.05) is 59.3 Å². The van der Waals surface area contributed by atoms with Gasteiger partial charge in [0.2, 0.25) is 41.4 Å². The monoisotopic (exact) mass is 1180 g/mol. The number of esters is 3. The van der Waals surface area contributed by atoms with Crippen LogP contribution in [0.4, 0.5) is 0 Å². The molecular weight excluding hydrogens is 1090 g/mol. The predicted molar refractivity (Wildman–Crippen MR) is 294 cm³/mol. The van der Waals surface area contributed by atoms with E-state index in [0.29, 0.717) is 0 Å². The number of carbonyl (C=O) groups excluding carboxylic acids is 11. The Morgan fingerprint density at radius 3 is 0.916 bits per heavy atom. The van der Waals surface area contributed by atoms with Crippen molar-refractivity contribution in [3.63, 3.8) is 0 Å². The largest absolute Gasteiger partial charge is 0.463 e. The molecule has 472 valence electrons. The van der Waals surface area contributed by atoms with Crippen molar-refractivity contribution in [2.45, 2.75) is 196 Å². The molecule has 27 heteroatoms. The molecule has 3 aliphatic heterocycles. The molecule has 0 aromatic carbocycles. The topological polar surface area (TPSA) is 355 Å². The van der Waals surface area contributed by atoms with Gasteiger partial charge in [-0.3, -0.25) is 52.7 Å². The Morgan fingerprint density at radius 1 is 0.398 bits per heavy atom. The van der Waals surface area contributed by atoms with Crippen LogP contribution in [0.3, 0.4) is 0 Å². The highest BCUT2D eigenvalue weighted by atomic mass is 16.7. The molecule has 3 fully saturated rings. The molecule has 0 aromatic heterocycles. The Balaban J connectivity index is 1.78. The highest BCUT2D eigenvalue weighted by Crippen LogP contribution is 2.35. The van der Waals surface area contributed by atoms with E-state index in [0.717, 1.165) is 0 Å².